The summed E-state index contributed by atoms with van der Waals surface area (Å²) in [6.45, 7) is 2.66. The third-order valence-corrected chi connectivity index (χ3v) is 3.98. The topological polar surface area (TPSA) is 94.6 Å². The number of benzene rings is 2. The standard InChI is InChI=1S/C19H18N2O5/c1-2-13-7-9-14(10-8-13)25-12-11-20-17-15-5-3-4-6-16(15)26-19(22)18(17)21(23)24/h3-10,20H,2,11-12H2,1H3. The second kappa shape index (κ2) is 7.69. The van der Waals surface area contributed by atoms with Gasteiger partial charge in [-0.2, -0.15) is 0 Å². The lowest BCUT2D eigenvalue weighted by Gasteiger charge is -2.10. The van der Waals surface area contributed by atoms with E-state index in [1.54, 1.807) is 24.3 Å². The zero-order valence-electron chi connectivity index (χ0n) is 14.2. The minimum absolute atomic E-state index is 0.145. The number of anilines is 1. The van der Waals surface area contributed by atoms with Gasteiger partial charge >= 0.3 is 11.3 Å². The second-order valence-electron chi connectivity index (χ2n) is 5.64. The molecule has 0 aliphatic carbocycles. The van der Waals surface area contributed by atoms with E-state index in [-0.39, 0.29) is 12.3 Å². The van der Waals surface area contributed by atoms with Gasteiger partial charge in [0, 0.05) is 11.9 Å². The summed E-state index contributed by atoms with van der Waals surface area (Å²) in [5.74, 6) is 0.718. The van der Waals surface area contributed by atoms with Crippen LogP contribution < -0.4 is 15.7 Å². The molecule has 0 unspecified atom stereocenters. The molecular formula is C19H18N2O5. The van der Waals surface area contributed by atoms with E-state index in [1.807, 2.05) is 24.3 Å². The maximum atomic E-state index is 11.9. The van der Waals surface area contributed by atoms with E-state index in [0.717, 1.165) is 12.2 Å². The Balaban J connectivity index is 1.76. The van der Waals surface area contributed by atoms with Gasteiger partial charge in [0.1, 0.15) is 23.6 Å². The normalized spacial score (nSPS) is 10.7. The first-order valence-electron chi connectivity index (χ1n) is 8.26. The largest absolute Gasteiger partial charge is 0.492 e. The van der Waals surface area contributed by atoms with Gasteiger partial charge in [-0.05, 0) is 36.2 Å². The van der Waals surface area contributed by atoms with Gasteiger partial charge in [0.05, 0.1) is 4.92 Å². The summed E-state index contributed by atoms with van der Waals surface area (Å²) in [6, 6.07) is 14.4. The maximum absolute atomic E-state index is 11.9. The first-order chi connectivity index (χ1) is 12.6. The monoisotopic (exact) mass is 354 g/mol. The van der Waals surface area contributed by atoms with Crippen LogP contribution in [0.4, 0.5) is 11.4 Å². The number of rotatable bonds is 7. The van der Waals surface area contributed by atoms with E-state index in [2.05, 4.69) is 12.2 Å². The minimum Gasteiger partial charge on any atom is -0.492 e. The lowest BCUT2D eigenvalue weighted by molar-refractivity contribution is -0.386. The molecule has 0 bridgehead atoms. The summed E-state index contributed by atoms with van der Waals surface area (Å²) in [7, 11) is 0. The molecule has 0 saturated heterocycles. The van der Waals surface area contributed by atoms with Crippen LogP contribution >= 0.6 is 0 Å². The van der Waals surface area contributed by atoms with Crippen LogP contribution in [0.5, 0.6) is 5.75 Å². The van der Waals surface area contributed by atoms with E-state index in [4.69, 9.17) is 9.15 Å². The number of hydrogen-bond acceptors (Lipinski definition) is 6. The second-order valence-corrected chi connectivity index (χ2v) is 5.64. The highest BCUT2D eigenvalue weighted by Crippen LogP contribution is 2.29. The van der Waals surface area contributed by atoms with Gasteiger partial charge in [-0.25, -0.2) is 4.79 Å². The number of nitrogens with zero attached hydrogens (tertiary/aromatic N) is 1. The smallest absolute Gasteiger partial charge is 0.417 e. The van der Waals surface area contributed by atoms with Crippen LogP contribution in [0.1, 0.15) is 12.5 Å². The number of para-hydroxylation sites is 1. The summed E-state index contributed by atoms with van der Waals surface area (Å²) in [4.78, 5) is 22.5. The van der Waals surface area contributed by atoms with Crippen molar-refractivity contribution < 1.29 is 14.1 Å². The molecule has 0 radical (unpaired) electrons. The van der Waals surface area contributed by atoms with Crippen LogP contribution in [0.25, 0.3) is 11.0 Å². The van der Waals surface area contributed by atoms with Crippen LogP contribution in [-0.2, 0) is 6.42 Å². The number of hydrogen-bond donors (Lipinski definition) is 1. The molecular weight excluding hydrogens is 336 g/mol. The molecule has 0 spiro atoms. The SMILES string of the molecule is CCc1ccc(OCCNc2c([N+](=O)[O-])c(=O)oc3ccccc23)cc1. The number of ether oxygens (including phenoxy) is 1. The first-order valence-corrected chi connectivity index (χ1v) is 8.26. The van der Waals surface area contributed by atoms with Crippen molar-refractivity contribution in [3.05, 3.63) is 74.6 Å². The lowest BCUT2D eigenvalue weighted by Crippen LogP contribution is -2.16. The highest BCUT2D eigenvalue weighted by Gasteiger charge is 2.24. The summed E-state index contributed by atoms with van der Waals surface area (Å²) >= 11 is 0. The van der Waals surface area contributed by atoms with Crippen molar-refractivity contribution in [2.75, 3.05) is 18.5 Å². The van der Waals surface area contributed by atoms with Crippen molar-refractivity contribution >= 4 is 22.3 Å². The summed E-state index contributed by atoms with van der Waals surface area (Å²) in [5, 5.41) is 14.7. The number of fused-ring (bicyclic) bond motifs is 1. The molecule has 26 heavy (non-hydrogen) atoms. The Kier molecular flexibility index (Phi) is 5.17. The molecule has 0 atom stereocenters. The molecule has 0 aliphatic heterocycles. The van der Waals surface area contributed by atoms with E-state index >= 15 is 0 Å². The van der Waals surface area contributed by atoms with Crippen LogP contribution in [0.2, 0.25) is 0 Å². The van der Waals surface area contributed by atoms with Crippen LogP contribution in [0.3, 0.4) is 0 Å². The molecule has 3 aromatic rings. The summed E-state index contributed by atoms with van der Waals surface area (Å²) in [5.41, 5.74) is 0.0744. The van der Waals surface area contributed by atoms with E-state index < -0.39 is 16.2 Å². The minimum atomic E-state index is -0.979. The molecule has 134 valence electrons. The quantitative estimate of drug-likeness (QED) is 0.300. The van der Waals surface area contributed by atoms with Crippen molar-refractivity contribution in [1.82, 2.24) is 0 Å². The van der Waals surface area contributed by atoms with E-state index in [0.29, 0.717) is 17.5 Å². The van der Waals surface area contributed by atoms with Gasteiger partial charge < -0.3 is 14.5 Å². The van der Waals surface area contributed by atoms with Crippen molar-refractivity contribution in [2.24, 2.45) is 0 Å². The number of aryl methyl sites for hydroxylation is 1. The number of nitrogens with one attached hydrogen (secondary N) is 1. The Bertz CT molecular complexity index is 979. The molecule has 0 fully saturated rings. The molecule has 1 aromatic heterocycles. The van der Waals surface area contributed by atoms with Crippen LogP contribution in [0.15, 0.2) is 57.7 Å². The maximum Gasteiger partial charge on any atom is 0.417 e. The zero-order chi connectivity index (χ0) is 18.5. The molecule has 3 rings (SSSR count). The highest BCUT2D eigenvalue weighted by molar-refractivity contribution is 5.94. The average Bonchev–Trinajstić information content (AvgIpc) is 2.65. The molecule has 0 saturated carbocycles. The number of nitro groups is 1. The third kappa shape index (κ3) is 3.66. The molecule has 1 heterocycles. The van der Waals surface area contributed by atoms with Crippen molar-refractivity contribution in [3.63, 3.8) is 0 Å². The fourth-order valence-electron chi connectivity index (χ4n) is 2.65. The van der Waals surface area contributed by atoms with Gasteiger partial charge in [-0.1, -0.05) is 31.2 Å². The molecule has 2 aromatic carbocycles. The molecule has 1 N–H and O–H groups in total. The third-order valence-electron chi connectivity index (χ3n) is 3.98. The van der Waals surface area contributed by atoms with Gasteiger partial charge in [-0.3, -0.25) is 10.1 Å². The van der Waals surface area contributed by atoms with Crippen molar-refractivity contribution in [2.45, 2.75) is 13.3 Å². The Labute approximate surface area is 149 Å². The van der Waals surface area contributed by atoms with Gasteiger partial charge in [0.15, 0.2) is 0 Å². The molecule has 0 amide bonds. The summed E-state index contributed by atoms with van der Waals surface area (Å²) in [6.07, 6.45) is 0.954. The van der Waals surface area contributed by atoms with Crippen LogP contribution in [0, 0.1) is 10.1 Å². The van der Waals surface area contributed by atoms with Crippen molar-refractivity contribution in [1.29, 1.82) is 0 Å². The first kappa shape index (κ1) is 17.5. The van der Waals surface area contributed by atoms with Crippen molar-refractivity contribution in [3.8, 4) is 5.75 Å². The predicted molar refractivity (Wildman–Crippen MR) is 98.9 cm³/mol. The van der Waals surface area contributed by atoms with Crippen LogP contribution in [-0.4, -0.2) is 18.1 Å². The van der Waals surface area contributed by atoms with Gasteiger partial charge in [0.25, 0.3) is 0 Å². The Hall–Kier alpha value is -3.35. The Morgan fingerprint density at radius 2 is 1.88 bits per heavy atom. The Morgan fingerprint density at radius 3 is 2.58 bits per heavy atom. The van der Waals surface area contributed by atoms with E-state index in [1.165, 1.54) is 5.56 Å². The molecule has 7 heteroatoms. The Morgan fingerprint density at radius 1 is 1.15 bits per heavy atom. The summed E-state index contributed by atoms with van der Waals surface area (Å²) < 4.78 is 10.7. The lowest BCUT2D eigenvalue weighted by atomic mass is 10.2. The average molecular weight is 354 g/mol. The fraction of sp³-hybridized carbons (Fsp3) is 0.211. The molecule has 0 aliphatic rings. The predicted octanol–water partition coefficient (Wildman–Crippen LogP) is 3.75. The highest BCUT2D eigenvalue weighted by atomic mass is 16.6. The zero-order valence-corrected chi connectivity index (χ0v) is 14.2. The van der Waals surface area contributed by atoms with E-state index in [9.17, 15) is 14.9 Å². The van der Waals surface area contributed by atoms with Gasteiger partial charge in [0.2, 0.25) is 0 Å². The van der Waals surface area contributed by atoms with Gasteiger partial charge in [-0.15, -0.1) is 0 Å². The fourth-order valence-corrected chi connectivity index (χ4v) is 2.65. The molecule has 7 nitrogen and oxygen atoms in total.